The smallest absolute Gasteiger partial charge is 0.133 e. The van der Waals surface area contributed by atoms with E-state index in [9.17, 15) is 0 Å². The summed E-state index contributed by atoms with van der Waals surface area (Å²) in [4.78, 5) is 0. The first kappa shape index (κ1) is 9.85. The Bertz CT molecular complexity index is 298. The molecule has 1 heterocycles. The average molecular weight is 176 g/mol. The van der Waals surface area contributed by atoms with Crippen LogP contribution in [0.5, 0.6) is 0 Å². The van der Waals surface area contributed by atoms with E-state index in [1.165, 1.54) is 0 Å². The molecule has 0 spiro atoms. The van der Waals surface area contributed by atoms with Gasteiger partial charge in [-0.2, -0.15) is 0 Å². The van der Waals surface area contributed by atoms with Crippen molar-refractivity contribution in [3.8, 4) is 0 Å². The monoisotopic (exact) mass is 176 g/mol. The molecule has 0 amide bonds. The lowest BCUT2D eigenvalue weighted by molar-refractivity contribution is 0.405. The summed E-state index contributed by atoms with van der Waals surface area (Å²) in [7, 11) is 0. The molecule has 1 rings (SSSR count). The highest BCUT2D eigenvalue weighted by Gasteiger charge is 2.19. The minimum atomic E-state index is 0.0407. The lowest BCUT2D eigenvalue weighted by atomic mass is 9.93. The summed E-state index contributed by atoms with van der Waals surface area (Å²) in [6.45, 7) is 13.8. The zero-order valence-electron chi connectivity index (χ0n) is 8.55. The van der Waals surface area contributed by atoms with Crippen molar-refractivity contribution in [1.82, 2.24) is 0 Å². The molecule has 0 saturated carbocycles. The molecule has 13 heavy (non-hydrogen) atoms. The summed E-state index contributed by atoms with van der Waals surface area (Å²) in [5.74, 6) is 1.78. The Labute approximate surface area is 79.8 Å². The summed E-state index contributed by atoms with van der Waals surface area (Å²) in [6.07, 6.45) is 3.50. The Kier molecular flexibility index (Phi) is 2.46. The fourth-order valence-corrected chi connectivity index (χ4v) is 1.11. The molecule has 0 aliphatic rings. The number of hydrogen-bond acceptors (Lipinski definition) is 1. The summed E-state index contributed by atoms with van der Waals surface area (Å²) in [5, 5.41) is 0. The quantitative estimate of drug-likeness (QED) is 0.666. The molecule has 0 fully saturated rings. The standard InChI is InChI=1S/C12H16O/c1-6-9-8-11(12(3,4)5)13-10(9)7-2/h6-8H,1-2H2,3-5H3. The van der Waals surface area contributed by atoms with Crippen molar-refractivity contribution >= 4 is 12.2 Å². The molecule has 0 atom stereocenters. The van der Waals surface area contributed by atoms with Gasteiger partial charge < -0.3 is 4.42 Å². The summed E-state index contributed by atoms with van der Waals surface area (Å²) >= 11 is 0. The van der Waals surface area contributed by atoms with Crippen LogP contribution in [0, 0.1) is 0 Å². The molecular weight excluding hydrogens is 160 g/mol. The van der Waals surface area contributed by atoms with Crippen molar-refractivity contribution in [1.29, 1.82) is 0 Å². The number of hydrogen-bond donors (Lipinski definition) is 0. The Hall–Kier alpha value is -1.24. The van der Waals surface area contributed by atoms with Crippen LogP contribution in [0.1, 0.15) is 37.9 Å². The second kappa shape index (κ2) is 3.25. The third kappa shape index (κ3) is 1.92. The first-order chi connectivity index (χ1) is 5.99. The SMILES string of the molecule is C=Cc1cc(C(C)(C)C)oc1C=C. The minimum Gasteiger partial charge on any atom is -0.461 e. The fraction of sp³-hybridized carbons (Fsp3) is 0.333. The zero-order valence-corrected chi connectivity index (χ0v) is 8.55. The van der Waals surface area contributed by atoms with E-state index in [-0.39, 0.29) is 5.41 Å². The van der Waals surface area contributed by atoms with E-state index in [1.807, 2.05) is 6.07 Å². The van der Waals surface area contributed by atoms with E-state index < -0.39 is 0 Å². The Morgan fingerprint density at radius 1 is 1.23 bits per heavy atom. The van der Waals surface area contributed by atoms with Crippen molar-refractivity contribution in [3.05, 3.63) is 36.3 Å². The molecule has 70 valence electrons. The van der Waals surface area contributed by atoms with Gasteiger partial charge in [0.2, 0.25) is 0 Å². The third-order valence-electron chi connectivity index (χ3n) is 1.94. The summed E-state index contributed by atoms with van der Waals surface area (Å²) in [5.41, 5.74) is 1.05. The molecule has 0 aliphatic carbocycles. The molecule has 0 aromatic carbocycles. The first-order valence-corrected chi connectivity index (χ1v) is 4.38. The fourth-order valence-electron chi connectivity index (χ4n) is 1.11. The van der Waals surface area contributed by atoms with Gasteiger partial charge in [-0.3, -0.25) is 0 Å². The molecule has 0 aliphatic heterocycles. The number of rotatable bonds is 2. The van der Waals surface area contributed by atoms with Crippen LogP contribution < -0.4 is 0 Å². The Morgan fingerprint density at radius 2 is 1.85 bits per heavy atom. The molecule has 1 heteroatoms. The largest absolute Gasteiger partial charge is 0.461 e. The van der Waals surface area contributed by atoms with Crippen LogP contribution in [0.25, 0.3) is 12.2 Å². The normalized spacial score (nSPS) is 11.3. The lowest BCUT2D eigenvalue weighted by Gasteiger charge is -2.13. The van der Waals surface area contributed by atoms with Gasteiger partial charge in [0, 0.05) is 11.0 Å². The van der Waals surface area contributed by atoms with Crippen LogP contribution in [-0.4, -0.2) is 0 Å². The maximum Gasteiger partial charge on any atom is 0.133 e. The molecule has 1 aromatic heterocycles. The van der Waals surface area contributed by atoms with E-state index in [2.05, 4.69) is 33.9 Å². The van der Waals surface area contributed by atoms with Crippen LogP contribution in [0.15, 0.2) is 23.6 Å². The topological polar surface area (TPSA) is 13.1 Å². The van der Waals surface area contributed by atoms with E-state index in [0.29, 0.717) is 0 Å². The molecule has 1 nitrogen and oxygen atoms in total. The molecule has 0 unspecified atom stereocenters. The molecular formula is C12H16O. The highest BCUT2D eigenvalue weighted by Crippen LogP contribution is 2.28. The molecule has 0 bridgehead atoms. The van der Waals surface area contributed by atoms with Crippen LogP contribution >= 0.6 is 0 Å². The van der Waals surface area contributed by atoms with E-state index >= 15 is 0 Å². The van der Waals surface area contributed by atoms with Crippen LogP contribution in [0.3, 0.4) is 0 Å². The average Bonchev–Trinajstić information content (AvgIpc) is 2.45. The van der Waals surface area contributed by atoms with Crippen molar-refractivity contribution in [2.75, 3.05) is 0 Å². The van der Waals surface area contributed by atoms with Gasteiger partial charge in [0.05, 0.1) is 0 Å². The molecule has 1 aromatic rings. The van der Waals surface area contributed by atoms with Gasteiger partial charge >= 0.3 is 0 Å². The van der Waals surface area contributed by atoms with E-state index in [4.69, 9.17) is 4.42 Å². The second-order valence-electron chi connectivity index (χ2n) is 4.09. The van der Waals surface area contributed by atoms with Crippen molar-refractivity contribution < 1.29 is 4.42 Å². The van der Waals surface area contributed by atoms with Crippen LogP contribution in [0.2, 0.25) is 0 Å². The van der Waals surface area contributed by atoms with Gasteiger partial charge in [-0.1, -0.05) is 40.0 Å². The van der Waals surface area contributed by atoms with Gasteiger partial charge in [0.15, 0.2) is 0 Å². The van der Waals surface area contributed by atoms with Gasteiger partial charge in [0.1, 0.15) is 11.5 Å². The number of furan rings is 1. The van der Waals surface area contributed by atoms with E-state index in [1.54, 1.807) is 12.2 Å². The van der Waals surface area contributed by atoms with E-state index in [0.717, 1.165) is 17.1 Å². The lowest BCUT2D eigenvalue weighted by Crippen LogP contribution is -2.09. The summed E-state index contributed by atoms with van der Waals surface area (Å²) < 4.78 is 5.63. The first-order valence-electron chi connectivity index (χ1n) is 4.38. The van der Waals surface area contributed by atoms with Crippen molar-refractivity contribution in [3.63, 3.8) is 0 Å². The van der Waals surface area contributed by atoms with Gasteiger partial charge in [-0.25, -0.2) is 0 Å². The van der Waals surface area contributed by atoms with Crippen LogP contribution in [0.4, 0.5) is 0 Å². The zero-order chi connectivity index (χ0) is 10.1. The van der Waals surface area contributed by atoms with Gasteiger partial charge in [-0.15, -0.1) is 0 Å². The molecule has 0 N–H and O–H groups in total. The maximum absolute atomic E-state index is 5.63. The summed E-state index contributed by atoms with van der Waals surface area (Å²) in [6, 6.07) is 2.02. The minimum absolute atomic E-state index is 0.0407. The highest BCUT2D eigenvalue weighted by molar-refractivity contribution is 5.60. The molecule has 0 saturated heterocycles. The maximum atomic E-state index is 5.63. The predicted octanol–water partition coefficient (Wildman–Crippen LogP) is 3.86. The molecule has 0 radical (unpaired) electrons. The van der Waals surface area contributed by atoms with Gasteiger partial charge in [0.25, 0.3) is 0 Å². The highest BCUT2D eigenvalue weighted by atomic mass is 16.3. The van der Waals surface area contributed by atoms with Gasteiger partial charge in [-0.05, 0) is 12.1 Å². The Morgan fingerprint density at radius 3 is 2.15 bits per heavy atom. The third-order valence-corrected chi connectivity index (χ3v) is 1.94. The second-order valence-corrected chi connectivity index (χ2v) is 4.09. The van der Waals surface area contributed by atoms with Crippen LogP contribution in [-0.2, 0) is 5.41 Å². The van der Waals surface area contributed by atoms with Crippen molar-refractivity contribution in [2.24, 2.45) is 0 Å². The predicted molar refractivity (Wildman–Crippen MR) is 57.6 cm³/mol. The van der Waals surface area contributed by atoms with Crippen molar-refractivity contribution in [2.45, 2.75) is 26.2 Å². The Balaban J connectivity index is 3.21.